The van der Waals surface area contributed by atoms with Crippen molar-refractivity contribution in [1.29, 1.82) is 0 Å². The summed E-state index contributed by atoms with van der Waals surface area (Å²) in [6.45, 7) is 2.24. The van der Waals surface area contributed by atoms with E-state index in [2.05, 4.69) is 4.90 Å². The molecule has 1 saturated carbocycles. The predicted octanol–water partition coefficient (Wildman–Crippen LogP) is 0.696. The summed E-state index contributed by atoms with van der Waals surface area (Å²) in [5.41, 5.74) is 0. The summed E-state index contributed by atoms with van der Waals surface area (Å²) in [4.78, 5) is 13.2. The number of hydrogen-bond acceptors (Lipinski definition) is 3. The molecule has 1 saturated heterocycles. The van der Waals surface area contributed by atoms with E-state index in [1.54, 1.807) is 0 Å². The van der Waals surface area contributed by atoms with Gasteiger partial charge < -0.3 is 15.1 Å². The Morgan fingerprint density at radius 1 is 1.20 bits per heavy atom. The third-order valence-corrected chi connectivity index (χ3v) is 3.76. The minimum atomic E-state index is -0.845. The molecule has 0 radical (unpaired) electrons. The molecule has 4 heteroatoms. The van der Waals surface area contributed by atoms with E-state index in [0.29, 0.717) is 18.9 Å². The minimum absolute atomic E-state index is 0.415. The van der Waals surface area contributed by atoms with Crippen molar-refractivity contribution in [2.24, 2.45) is 5.92 Å². The van der Waals surface area contributed by atoms with Crippen molar-refractivity contribution in [2.75, 3.05) is 13.1 Å². The fourth-order valence-corrected chi connectivity index (χ4v) is 2.85. The lowest BCUT2D eigenvalue weighted by Gasteiger charge is -2.36. The van der Waals surface area contributed by atoms with Crippen molar-refractivity contribution < 1.29 is 15.0 Å². The van der Waals surface area contributed by atoms with Gasteiger partial charge in [-0.3, -0.25) is 4.79 Å². The van der Waals surface area contributed by atoms with Gasteiger partial charge in [-0.2, -0.15) is 0 Å². The van der Waals surface area contributed by atoms with Gasteiger partial charge in [0.1, 0.15) is 0 Å². The fourth-order valence-electron chi connectivity index (χ4n) is 2.85. The molecule has 0 aromatic rings. The molecule has 0 spiro atoms. The van der Waals surface area contributed by atoms with Gasteiger partial charge in [0.05, 0.1) is 12.0 Å². The molecule has 4 nitrogen and oxygen atoms in total. The Bertz CT molecular complexity index is 238. The number of hydrogen-bond donors (Lipinski definition) is 2. The van der Waals surface area contributed by atoms with Crippen molar-refractivity contribution in [1.82, 2.24) is 4.90 Å². The summed E-state index contributed by atoms with van der Waals surface area (Å²) in [6, 6.07) is 0.415. The molecule has 2 fully saturated rings. The van der Waals surface area contributed by atoms with Crippen LogP contribution >= 0.6 is 0 Å². The quantitative estimate of drug-likeness (QED) is 0.708. The summed E-state index contributed by atoms with van der Waals surface area (Å²) in [6.07, 6.45) is 4.02. The second-order valence-corrected chi connectivity index (χ2v) is 4.72. The van der Waals surface area contributed by atoms with Gasteiger partial charge >= 0.3 is 5.97 Å². The molecule has 1 aliphatic heterocycles. The molecular formula is C11H19NO3. The van der Waals surface area contributed by atoms with Crippen LogP contribution in [0.15, 0.2) is 0 Å². The highest BCUT2D eigenvalue weighted by Gasteiger charge is 2.36. The van der Waals surface area contributed by atoms with Crippen LogP contribution < -0.4 is 0 Å². The van der Waals surface area contributed by atoms with Crippen LogP contribution in [0, 0.1) is 5.92 Å². The second-order valence-electron chi connectivity index (χ2n) is 4.72. The SMILES string of the molecule is O=C(O)C1CCC(N2CCCC2)CC1O. The maximum Gasteiger partial charge on any atom is 0.309 e. The minimum Gasteiger partial charge on any atom is -0.481 e. The zero-order valence-electron chi connectivity index (χ0n) is 8.93. The first-order chi connectivity index (χ1) is 7.18. The Kier molecular flexibility index (Phi) is 3.26. The summed E-state index contributed by atoms with van der Waals surface area (Å²) < 4.78 is 0. The Morgan fingerprint density at radius 2 is 1.87 bits per heavy atom. The van der Waals surface area contributed by atoms with E-state index < -0.39 is 18.0 Å². The molecule has 3 unspecified atom stereocenters. The lowest BCUT2D eigenvalue weighted by atomic mass is 9.83. The number of rotatable bonds is 2. The highest BCUT2D eigenvalue weighted by atomic mass is 16.4. The number of likely N-dealkylation sites (tertiary alicyclic amines) is 1. The van der Waals surface area contributed by atoms with E-state index in [4.69, 9.17) is 5.11 Å². The smallest absolute Gasteiger partial charge is 0.309 e. The van der Waals surface area contributed by atoms with Crippen LogP contribution in [0.1, 0.15) is 32.1 Å². The van der Waals surface area contributed by atoms with E-state index >= 15 is 0 Å². The molecule has 3 atom stereocenters. The number of aliphatic hydroxyl groups excluding tert-OH is 1. The normalized spacial score (nSPS) is 38.1. The zero-order chi connectivity index (χ0) is 10.8. The molecule has 2 N–H and O–H groups in total. The Labute approximate surface area is 89.9 Å². The van der Waals surface area contributed by atoms with Crippen molar-refractivity contribution in [3.8, 4) is 0 Å². The highest BCUT2D eigenvalue weighted by Crippen LogP contribution is 2.29. The number of carboxylic acid groups (broad SMARTS) is 1. The zero-order valence-corrected chi connectivity index (χ0v) is 8.93. The van der Waals surface area contributed by atoms with Gasteiger partial charge in [-0.1, -0.05) is 0 Å². The Balaban J connectivity index is 1.90. The molecule has 86 valence electrons. The molecule has 0 amide bonds. The largest absolute Gasteiger partial charge is 0.481 e. The number of carbonyl (C=O) groups is 1. The van der Waals surface area contributed by atoms with Gasteiger partial charge in [-0.05, 0) is 45.2 Å². The van der Waals surface area contributed by atoms with Crippen molar-refractivity contribution in [3.05, 3.63) is 0 Å². The van der Waals surface area contributed by atoms with Gasteiger partial charge in [0, 0.05) is 6.04 Å². The van der Waals surface area contributed by atoms with Crippen LogP contribution in [0.5, 0.6) is 0 Å². The summed E-state index contributed by atoms with van der Waals surface area (Å²) in [5.74, 6) is -1.38. The van der Waals surface area contributed by atoms with Crippen LogP contribution in [0.4, 0.5) is 0 Å². The number of nitrogens with zero attached hydrogens (tertiary/aromatic N) is 1. The van der Waals surface area contributed by atoms with Crippen molar-refractivity contribution in [2.45, 2.75) is 44.2 Å². The van der Waals surface area contributed by atoms with Crippen LogP contribution in [0.2, 0.25) is 0 Å². The molecule has 2 aliphatic rings. The fraction of sp³-hybridized carbons (Fsp3) is 0.909. The molecule has 0 aromatic carbocycles. The highest BCUT2D eigenvalue weighted by molar-refractivity contribution is 5.70. The average Bonchev–Trinajstić information content (AvgIpc) is 2.69. The van der Waals surface area contributed by atoms with Gasteiger partial charge in [0.25, 0.3) is 0 Å². The lowest BCUT2D eigenvalue weighted by molar-refractivity contribution is -0.148. The number of aliphatic carboxylic acids is 1. The van der Waals surface area contributed by atoms with E-state index in [1.165, 1.54) is 12.8 Å². The lowest BCUT2D eigenvalue weighted by Crippen LogP contribution is -2.43. The maximum absolute atomic E-state index is 10.8. The topological polar surface area (TPSA) is 60.8 Å². The van der Waals surface area contributed by atoms with Crippen LogP contribution in [-0.2, 0) is 4.79 Å². The summed E-state index contributed by atoms with van der Waals surface area (Å²) in [7, 11) is 0. The Morgan fingerprint density at radius 3 is 2.40 bits per heavy atom. The first kappa shape index (κ1) is 10.9. The van der Waals surface area contributed by atoms with Crippen LogP contribution in [0.3, 0.4) is 0 Å². The molecule has 15 heavy (non-hydrogen) atoms. The van der Waals surface area contributed by atoms with E-state index in [1.807, 2.05) is 0 Å². The van der Waals surface area contributed by atoms with E-state index in [0.717, 1.165) is 19.5 Å². The van der Waals surface area contributed by atoms with Crippen LogP contribution in [0.25, 0.3) is 0 Å². The first-order valence-corrected chi connectivity index (χ1v) is 5.83. The predicted molar refractivity (Wildman–Crippen MR) is 55.6 cm³/mol. The van der Waals surface area contributed by atoms with Crippen molar-refractivity contribution >= 4 is 5.97 Å². The molecule has 0 aromatic heterocycles. The standard InChI is InChI=1S/C11H19NO3/c13-10-7-8(12-5-1-2-6-12)3-4-9(10)11(14)15/h8-10,13H,1-7H2,(H,14,15). The van der Waals surface area contributed by atoms with Crippen molar-refractivity contribution in [3.63, 3.8) is 0 Å². The third kappa shape index (κ3) is 2.32. The number of carboxylic acids is 1. The molecular weight excluding hydrogens is 194 g/mol. The van der Waals surface area contributed by atoms with E-state index in [9.17, 15) is 9.90 Å². The summed E-state index contributed by atoms with van der Waals surface area (Å²) in [5, 5.41) is 18.6. The maximum atomic E-state index is 10.8. The van der Waals surface area contributed by atoms with Gasteiger partial charge in [0.15, 0.2) is 0 Å². The molecule has 1 heterocycles. The first-order valence-electron chi connectivity index (χ1n) is 5.83. The number of aliphatic hydroxyl groups is 1. The second kappa shape index (κ2) is 4.49. The van der Waals surface area contributed by atoms with Gasteiger partial charge in [0.2, 0.25) is 0 Å². The monoisotopic (exact) mass is 213 g/mol. The van der Waals surface area contributed by atoms with Gasteiger partial charge in [-0.25, -0.2) is 0 Å². The third-order valence-electron chi connectivity index (χ3n) is 3.76. The Hall–Kier alpha value is -0.610. The van der Waals surface area contributed by atoms with Crippen LogP contribution in [-0.4, -0.2) is 46.3 Å². The molecule has 1 aliphatic carbocycles. The van der Waals surface area contributed by atoms with E-state index in [-0.39, 0.29) is 0 Å². The van der Waals surface area contributed by atoms with Gasteiger partial charge in [-0.15, -0.1) is 0 Å². The average molecular weight is 213 g/mol. The molecule has 0 bridgehead atoms. The summed E-state index contributed by atoms with van der Waals surface area (Å²) >= 11 is 0. The molecule has 2 rings (SSSR count).